The zero-order valence-corrected chi connectivity index (χ0v) is 18.1. The number of carbonyl (C=O) groups excluding carboxylic acids is 1. The summed E-state index contributed by atoms with van der Waals surface area (Å²) in [5, 5.41) is 3.08. The van der Waals surface area contributed by atoms with Crippen LogP contribution in [0.15, 0.2) is 42.5 Å². The van der Waals surface area contributed by atoms with Crippen molar-refractivity contribution in [2.45, 2.75) is 40.0 Å². The molecular formula is C23H31NO3S. The number of thioether (sulfide) groups is 1. The molecule has 0 saturated carbocycles. The lowest BCUT2D eigenvalue weighted by atomic mass is 9.98. The molecule has 1 N–H and O–H groups in total. The van der Waals surface area contributed by atoms with Crippen LogP contribution in [-0.4, -0.2) is 30.6 Å². The number of hydrogen-bond donors (Lipinski definition) is 1. The lowest BCUT2D eigenvalue weighted by Crippen LogP contribution is -2.17. The molecule has 0 spiro atoms. The van der Waals surface area contributed by atoms with Crippen LogP contribution in [0.25, 0.3) is 0 Å². The smallest absolute Gasteiger partial charge is 0.234 e. The van der Waals surface area contributed by atoms with Crippen molar-refractivity contribution in [3.8, 4) is 11.5 Å². The van der Waals surface area contributed by atoms with E-state index in [0.29, 0.717) is 18.3 Å². The van der Waals surface area contributed by atoms with E-state index in [0.717, 1.165) is 41.5 Å². The molecule has 0 aromatic heterocycles. The predicted molar refractivity (Wildman–Crippen MR) is 119 cm³/mol. The molecule has 2 rings (SSSR count). The van der Waals surface area contributed by atoms with E-state index < -0.39 is 0 Å². The van der Waals surface area contributed by atoms with E-state index >= 15 is 0 Å². The number of benzene rings is 2. The van der Waals surface area contributed by atoms with Crippen molar-refractivity contribution in [2.75, 3.05) is 30.0 Å². The van der Waals surface area contributed by atoms with E-state index in [1.54, 1.807) is 11.8 Å². The first kappa shape index (κ1) is 22.2. The summed E-state index contributed by atoms with van der Waals surface area (Å²) in [6.45, 7) is 9.67. The van der Waals surface area contributed by atoms with Gasteiger partial charge in [-0.1, -0.05) is 39.0 Å². The molecule has 0 atom stereocenters. The molecule has 0 aliphatic rings. The van der Waals surface area contributed by atoms with Gasteiger partial charge in [0.05, 0.1) is 19.0 Å². The first-order chi connectivity index (χ1) is 13.5. The molecule has 152 valence electrons. The second kappa shape index (κ2) is 11.6. The number of para-hydroxylation sites is 1. The van der Waals surface area contributed by atoms with Crippen molar-refractivity contribution in [3.05, 3.63) is 53.6 Å². The summed E-state index contributed by atoms with van der Waals surface area (Å²) in [5.74, 6) is 3.24. The molecule has 0 radical (unpaired) electrons. The Morgan fingerprint density at radius 1 is 1.04 bits per heavy atom. The van der Waals surface area contributed by atoms with Crippen molar-refractivity contribution in [2.24, 2.45) is 0 Å². The van der Waals surface area contributed by atoms with E-state index in [2.05, 4.69) is 32.2 Å². The number of nitrogens with one attached hydrogen (secondary N) is 1. The van der Waals surface area contributed by atoms with Crippen LogP contribution in [0.4, 0.5) is 5.69 Å². The van der Waals surface area contributed by atoms with E-state index in [1.165, 1.54) is 5.56 Å². The van der Waals surface area contributed by atoms with Crippen molar-refractivity contribution < 1.29 is 14.3 Å². The zero-order valence-electron chi connectivity index (χ0n) is 17.3. The molecule has 0 fully saturated rings. The van der Waals surface area contributed by atoms with E-state index in [1.807, 2.05) is 43.3 Å². The van der Waals surface area contributed by atoms with Gasteiger partial charge in [-0.2, -0.15) is 0 Å². The predicted octanol–water partition coefficient (Wildman–Crippen LogP) is 5.66. The summed E-state index contributed by atoms with van der Waals surface area (Å²) in [5.41, 5.74) is 3.22. The van der Waals surface area contributed by atoms with Gasteiger partial charge in [0.1, 0.15) is 11.5 Å². The van der Waals surface area contributed by atoms with E-state index in [-0.39, 0.29) is 5.91 Å². The van der Waals surface area contributed by atoms with Crippen molar-refractivity contribution in [1.29, 1.82) is 0 Å². The summed E-state index contributed by atoms with van der Waals surface area (Å²) >= 11 is 1.57. The molecule has 0 unspecified atom stereocenters. The second-order valence-corrected chi connectivity index (χ2v) is 8.07. The Morgan fingerprint density at radius 3 is 2.29 bits per heavy atom. The lowest BCUT2D eigenvalue weighted by molar-refractivity contribution is -0.113. The highest BCUT2D eigenvalue weighted by molar-refractivity contribution is 7.99. The molecule has 2 aromatic rings. The van der Waals surface area contributed by atoms with Crippen LogP contribution in [0, 0.1) is 6.92 Å². The largest absolute Gasteiger partial charge is 0.494 e. The number of amides is 1. The van der Waals surface area contributed by atoms with Gasteiger partial charge in [-0.05, 0) is 54.7 Å². The second-order valence-electron chi connectivity index (χ2n) is 6.96. The number of ether oxygens (including phenoxy) is 2. The minimum atomic E-state index is 0.0265. The highest BCUT2D eigenvalue weighted by Crippen LogP contribution is 2.27. The minimum absolute atomic E-state index is 0.0265. The molecule has 5 heteroatoms. The van der Waals surface area contributed by atoms with E-state index in [9.17, 15) is 4.79 Å². The summed E-state index contributed by atoms with van der Waals surface area (Å²) in [6.07, 6.45) is 0.992. The Hall–Kier alpha value is -2.14. The Kier molecular flexibility index (Phi) is 9.21. The first-order valence-electron chi connectivity index (χ1n) is 9.84. The number of rotatable bonds is 11. The van der Waals surface area contributed by atoms with Crippen LogP contribution >= 0.6 is 11.8 Å². The maximum Gasteiger partial charge on any atom is 0.234 e. The minimum Gasteiger partial charge on any atom is -0.494 e. The molecule has 0 aliphatic carbocycles. The maximum absolute atomic E-state index is 12.3. The van der Waals surface area contributed by atoms with Gasteiger partial charge in [-0.3, -0.25) is 4.79 Å². The summed E-state index contributed by atoms with van der Waals surface area (Å²) in [6, 6.07) is 13.8. The van der Waals surface area contributed by atoms with Crippen LogP contribution in [0.2, 0.25) is 0 Å². The molecule has 2 aromatic carbocycles. The topological polar surface area (TPSA) is 47.6 Å². The van der Waals surface area contributed by atoms with Gasteiger partial charge in [-0.15, -0.1) is 11.8 Å². The van der Waals surface area contributed by atoms with Crippen LogP contribution in [0.5, 0.6) is 11.5 Å². The molecule has 0 heterocycles. The van der Waals surface area contributed by atoms with Crippen LogP contribution in [-0.2, 0) is 4.79 Å². The fraction of sp³-hybridized carbons (Fsp3) is 0.435. The van der Waals surface area contributed by atoms with Crippen LogP contribution in [0.1, 0.15) is 44.2 Å². The van der Waals surface area contributed by atoms with Gasteiger partial charge >= 0.3 is 0 Å². The van der Waals surface area contributed by atoms with Gasteiger partial charge < -0.3 is 14.8 Å². The van der Waals surface area contributed by atoms with Crippen molar-refractivity contribution >= 4 is 23.4 Å². The SMILES string of the molecule is CCCOc1ccc(OCCSCC(=O)Nc2c(C)cccc2C(C)C)cc1. The third-order valence-electron chi connectivity index (χ3n) is 4.22. The van der Waals surface area contributed by atoms with Gasteiger partial charge in [0.2, 0.25) is 5.91 Å². The Labute approximate surface area is 173 Å². The number of carbonyl (C=O) groups is 1. The molecule has 0 saturated heterocycles. The average molecular weight is 402 g/mol. The Morgan fingerprint density at radius 2 is 1.68 bits per heavy atom. The zero-order chi connectivity index (χ0) is 20.4. The quantitative estimate of drug-likeness (QED) is 0.494. The molecule has 0 bridgehead atoms. The third kappa shape index (κ3) is 7.12. The van der Waals surface area contributed by atoms with Gasteiger partial charge in [-0.25, -0.2) is 0 Å². The highest BCUT2D eigenvalue weighted by atomic mass is 32.2. The van der Waals surface area contributed by atoms with Gasteiger partial charge in [0.15, 0.2) is 0 Å². The lowest BCUT2D eigenvalue weighted by Gasteiger charge is -2.16. The number of hydrogen-bond acceptors (Lipinski definition) is 4. The Bertz CT molecular complexity index is 744. The molecule has 0 aliphatic heterocycles. The van der Waals surface area contributed by atoms with Gasteiger partial charge in [0.25, 0.3) is 0 Å². The average Bonchev–Trinajstić information content (AvgIpc) is 2.68. The van der Waals surface area contributed by atoms with Crippen LogP contribution < -0.4 is 14.8 Å². The standard InChI is InChI=1S/C23H31NO3S/c1-5-13-26-19-9-11-20(12-10-19)27-14-15-28-16-22(25)24-23-18(4)7-6-8-21(23)17(2)3/h6-12,17H,5,13-16H2,1-4H3,(H,24,25). The van der Waals surface area contributed by atoms with E-state index in [4.69, 9.17) is 9.47 Å². The maximum atomic E-state index is 12.3. The molecule has 4 nitrogen and oxygen atoms in total. The fourth-order valence-corrected chi connectivity index (χ4v) is 3.36. The summed E-state index contributed by atoms with van der Waals surface area (Å²) < 4.78 is 11.3. The van der Waals surface area contributed by atoms with Gasteiger partial charge in [0, 0.05) is 11.4 Å². The van der Waals surface area contributed by atoms with Crippen molar-refractivity contribution in [1.82, 2.24) is 0 Å². The van der Waals surface area contributed by atoms with Crippen LogP contribution in [0.3, 0.4) is 0 Å². The molecule has 1 amide bonds. The highest BCUT2D eigenvalue weighted by Gasteiger charge is 2.12. The number of aryl methyl sites for hydroxylation is 1. The molecular weight excluding hydrogens is 370 g/mol. The van der Waals surface area contributed by atoms with Crippen molar-refractivity contribution in [3.63, 3.8) is 0 Å². The normalized spacial score (nSPS) is 10.8. The summed E-state index contributed by atoms with van der Waals surface area (Å²) in [7, 11) is 0. The Balaban J connectivity index is 1.70. The fourth-order valence-electron chi connectivity index (χ4n) is 2.75. The number of anilines is 1. The first-order valence-corrected chi connectivity index (χ1v) is 11.0. The summed E-state index contributed by atoms with van der Waals surface area (Å²) in [4.78, 5) is 12.3. The third-order valence-corrected chi connectivity index (χ3v) is 5.14. The monoisotopic (exact) mass is 401 g/mol. The molecule has 28 heavy (non-hydrogen) atoms.